The average molecular weight is 427 g/mol. The van der Waals surface area contributed by atoms with E-state index in [2.05, 4.69) is 15.2 Å². The lowest BCUT2D eigenvalue weighted by Gasteiger charge is -2.21. The lowest BCUT2D eigenvalue weighted by Crippen LogP contribution is -2.41. The summed E-state index contributed by atoms with van der Waals surface area (Å²) in [6.07, 6.45) is 2.33. The Hall–Kier alpha value is -2.64. The van der Waals surface area contributed by atoms with Gasteiger partial charge in [-0.25, -0.2) is 4.98 Å². The van der Waals surface area contributed by atoms with Gasteiger partial charge in [0, 0.05) is 22.7 Å². The van der Waals surface area contributed by atoms with E-state index in [1.54, 1.807) is 24.3 Å². The Morgan fingerprint density at radius 1 is 1.10 bits per heavy atom. The minimum atomic E-state index is -0.395. The fourth-order valence-electron chi connectivity index (χ4n) is 3.22. The van der Waals surface area contributed by atoms with Crippen LogP contribution >= 0.6 is 23.4 Å². The van der Waals surface area contributed by atoms with Gasteiger partial charge in [0.05, 0.1) is 5.25 Å². The molecule has 6 nitrogen and oxygen atoms in total. The van der Waals surface area contributed by atoms with Gasteiger partial charge < -0.3 is 0 Å². The van der Waals surface area contributed by atoms with Gasteiger partial charge in [0.2, 0.25) is 11.1 Å². The molecule has 0 aliphatic carbocycles. The normalized spacial score (nSPS) is 17.2. The van der Waals surface area contributed by atoms with Gasteiger partial charge in [-0.15, -0.1) is 5.10 Å². The van der Waals surface area contributed by atoms with Crippen molar-refractivity contribution in [1.82, 2.24) is 20.1 Å². The third-order valence-electron chi connectivity index (χ3n) is 4.74. The van der Waals surface area contributed by atoms with Crippen molar-refractivity contribution < 1.29 is 9.59 Å². The van der Waals surface area contributed by atoms with Crippen molar-refractivity contribution in [1.29, 1.82) is 0 Å². The number of H-pyrrole nitrogens is 1. The zero-order valence-corrected chi connectivity index (χ0v) is 17.1. The van der Waals surface area contributed by atoms with Crippen molar-refractivity contribution in [3.05, 3.63) is 65.2 Å². The molecule has 0 bridgehead atoms. The SMILES string of the molecule is O=C(c1ccc(Cl)cc1)N1CCCC[C@H](Sc2n[nH]c(-c3ccccc3)n2)C1=O. The van der Waals surface area contributed by atoms with Gasteiger partial charge in [0.1, 0.15) is 0 Å². The number of nitrogens with one attached hydrogen (secondary N) is 1. The van der Waals surface area contributed by atoms with Crippen LogP contribution in [0.4, 0.5) is 0 Å². The number of halogens is 1. The van der Waals surface area contributed by atoms with Crippen molar-refractivity contribution in [2.75, 3.05) is 6.54 Å². The molecule has 0 spiro atoms. The zero-order valence-electron chi connectivity index (χ0n) is 15.5. The fourth-order valence-corrected chi connectivity index (χ4v) is 4.35. The predicted molar refractivity (Wildman–Crippen MR) is 113 cm³/mol. The van der Waals surface area contributed by atoms with Crippen molar-refractivity contribution in [3.63, 3.8) is 0 Å². The Kier molecular flexibility index (Phi) is 5.97. The molecular weight excluding hydrogens is 408 g/mol. The first-order valence-electron chi connectivity index (χ1n) is 9.37. The molecule has 0 radical (unpaired) electrons. The van der Waals surface area contributed by atoms with E-state index in [1.807, 2.05) is 30.3 Å². The molecule has 0 saturated carbocycles. The molecule has 4 rings (SSSR count). The Balaban J connectivity index is 1.50. The van der Waals surface area contributed by atoms with Crippen molar-refractivity contribution >= 4 is 35.2 Å². The average Bonchev–Trinajstić information content (AvgIpc) is 3.14. The van der Waals surface area contributed by atoms with E-state index in [-0.39, 0.29) is 11.8 Å². The molecule has 0 unspecified atom stereocenters. The second-order valence-corrected chi connectivity index (χ2v) is 8.34. The highest BCUT2D eigenvalue weighted by molar-refractivity contribution is 8.00. The second kappa shape index (κ2) is 8.80. The molecular formula is C21H19ClN4O2S. The van der Waals surface area contributed by atoms with Gasteiger partial charge in [0.25, 0.3) is 5.91 Å². The topological polar surface area (TPSA) is 79.0 Å². The molecule has 1 aliphatic rings. The molecule has 8 heteroatoms. The van der Waals surface area contributed by atoms with Gasteiger partial charge in [-0.1, -0.05) is 60.1 Å². The first kappa shape index (κ1) is 19.7. The molecule has 1 atom stereocenters. The number of benzene rings is 2. The van der Waals surface area contributed by atoms with E-state index in [1.165, 1.54) is 16.7 Å². The van der Waals surface area contributed by atoms with Crippen LogP contribution in [0, 0.1) is 0 Å². The molecule has 1 N–H and O–H groups in total. The van der Waals surface area contributed by atoms with Gasteiger partial charge in [-0.3, -0.25) is 19.6 Å². The highest BCUT2D eigenvalue weighted by Crippen LogP contribution is 2.30. The molecule has 1 aromatic heterocycles. The zero-order chi connectivity index (χ0) is 20.2. The largest absolute Gasteiger partial charge is 0.278 e. The Morgan fingerprint density at radius 3 is 2.62 bits per heavy atom. The molecule has 29 heavy (non-hydrogen) atoms. The summed E-state index contributed by atoms with van der Waals surface area (Å²) >= 11 is 7.21. The lowest BCUT2D eigenvalue weighted by molar-refractivity contribution is -0.127. The van der Waals surface area contributed by atoms with Gasteiger partial charge in [0.15, 0.2) is 5.82 Å². The number of rotatable bonds is 4. The van der Waals surface area contributed by atoms with Gasteiger partial charge in [-0.05, 0) is 37.1 Å². The number of carbonyl (C=O) groups excluding carboxylic acids is 2. The minimum Gasteiger partial charge on any atom is -0.278 e. The number of amides is 2. The van der Waals surface area contributed by atoms with Crippen LogP contribution in [0.15, 0.2) is 59.8 Å². The third-order valence-corrected chi connectivity index (χ3v) is 6.10. The quantitative estimate of drug-likeness (QED) is 0.624. The van der Waals surface area contributed by atoms with Crippen LogP contribution < -0.4 is 0 Å². The summed E-state index contributed by atoms with van der Waals surface area (Å²) in [5.74, 6) is 0.168. The van der Waals surface area contributed by atoms with Crippen LogP contribution in [0.2, 0.25) is 5.02 Å². The highest BCUT2D eigenvalue weighted by atomic mass is 35.5. The number of aromatic amines is 1. The number of likely N-dealkylation sites (tertiary alicyclic amines) is 1. The second-order valence-electron chi connectivity index (χ2n) is 6.74. The molecule has 148 valence electrons. The monoisotopic (exact) mass is 426 g/mol. The van der Waals surface area contributed by atoms with Gasteiger partial charge in [-0.2, -0.15) is 0 Å². The maximum Gasteiger partial charge on any atom is 0.260 e. The number of nitrogens with zero attached hydrogens (tertiary/aromatic N) is 3. The van der Waals surface area contributed by atoms with E-state index in [0.29, 0.717) is 34.5 Å². The van der Waals surface area contributed by atoms with Crippen molar-refractivity contribution in [2.45, 2.75) is 29.7 Å². The summed E-state index contributed by atoms with van der Waals surface area (Å²) in [5, 5.41) is 7.83. The number of hydrogen-bond donors (Lipinski definition) is 1. The number of hydrogen-bond acceptors (Lipinski definition) is 5. The van der Waals surface area contributed by atoms with E-state index in [9.17, 15) is 9.59 Å². The summed E-state index contributed by atoms with van der Waals surface area (Å²) < 4.78 is 0. The van der Waals surface area contributed by atoms with Crippen molar-refractivity contribution in [2.24, 2.45) is 0 Å². The fraction of sp³-hybridized carbons (Fsp3) is 0.238. The number of carbonyl (C=O) groups is 2. The first-order valence-corrected chi connectivity index (χ1v) is 10.6. The van der Waals surface area contributed by atoms with E-state index >= 15 is 0 Å². The van der Waals surface area contributed by atoms with E-state index in [0.717, 1.165) is 18.4 Å². The summed E-state index contributed by atoms with van der Waals surface area (Å²) in [6, 6.07) is 16.3. The molecule has 2 heterocycles. The predicted octanol–water partition coefficient (Wildman–Crippen LogP) is 4.44. The molecule has 2 aromatic carbocycles. The van der Waals surface area contributed by atoms with E-state index in [4.69, 9.17) is 11.6 Å². The lowest BCUT2D eigenvalue weighted by atomic mass is 10.2. The summed E-state index contributed by atoms with van der Waals surface area (Å²) in [7, 11) is 0. The summed E-state index contributed by atoms with van der Waals surface area (Å²) in [6.45, 7) is 0.417. The molecule has 2 amide bonds. The molecule has 1 fully saturated rings. The van der Waals surface area contributed by atoms with Crippen molar-refractivity contribution in [3.8, 4) is 11.4 Å². The Labute approximate surface area is 177 Å². The smallest absolute Gasteiger partial charge is 0.260 e. The van der Waals surface area contributed by atoms with Gasteiger partial charge >= 0.3 is 0 Å². The number of imide groups is 1. The Bertz CT molecular complexity index is 1010. The van der Waals surface area contributed by atoms with Crippen LogP contribution in [-0.2, 0) is 4.79 Å². The standard InChI is InChI=1S/C21H19ClN4O2S/c22-16-11-9-15(10-12-16)19(27)26-13-5-4-8-17(20(26)28)29-21-23-18(24-25-21)14-6-2-1-3-7-14/h1-3,6-7,9-12,17H,4-5,8,13H2,(H,23,24,25)/t17-/m0/s1. The maximum absolute atomic E-state index is 13.1. The first-order chi connectivity index (χ1) is 14.1. The highest BCUT2D eigenvalue weighted by Gasteiger charge is 2.33. The van der Waals surface area contributed by atoms with E-state index < -0.39 is 5.25 Å². The summed E-state index contributed by atoms with van der Waals surface area (Å²) in [5.41, 5.74) is 1.39. The molecule has 3 aromatic rings. The third kappa shape index (κ3) is 4.52. The Morgan fingerprint density at radius 2 is 1.86 bits per heavy atom. The molecule has 1 aliphatic heterocycles. The number of aromatic nitrogens is 3. The maximum atomic E-state index is 13.1. The van der Waals surface area contributed by atoms with Crippen LogP contribution in [0.3, 0.4) is 0 Å². The molecule has 1 saturated heterocycles. The minimum absolute atomic E-state index is 0.196. The van der Waals surface area contributed by atoms with Crippen LogP contribution in [0.1, 0.15) is 29.6 Å². The van der Waals surface area contributed by atoms with Crippen LogP contribution in [0.5, 0.6) is 0 Å². The van der Waals surface area contributed by atoms with Crippen LogP contribution in [0.25, 0.3) is 11.4 Å². The summed E-state index contributed by atoms with van der Waals surface area (Å²) in [4.78, 5) is 31.8. The number of thioether (sulfide) groups is 1. The van der Waals surface area contributed by atoms with Crippen LogP contribution in [-0.4, -0.2) is 43.7 Å².